The third-order valence-corrected chi connectivity index (χ3v) is 2.88. The lowest BCUT2D eigenvalue weighted by molar-refractivity contribution is -0.415. The Hall–Kier alpha value is -2.37. The number of carbonyl (C=O) groups excluding carboxylic acids is 1. The molecule has 5 heteroatoms. The van der Waals surface area contributed by atoms with E-state index in [9.17, 15) is 0 Å². The number of rotatable bonds is 3. The van der Waals surface area contributed by atoms with Crippen LogP contribution in [0.2, 0.25) is 0 Å². The zero-order valence-electron chi connectivity index (χ0n) is 12.7. The Labute approximate surface area is 125 Å². The van der Waals surface area contributed by atoms with Crippen molar-refractivity contribution in [1.82, 2.24) is 10.6 Å². The summed E-state index contributed by atoms with van der Waals surface area (Å²) in [6, 6.07) is 21.2. The molecule has 0 saturated carbocycles. The van der Waals surface area contributed by atoms with Crippen molar-refractivity contribution < 1.29 is 15.0 Å². The van der Waals surface area contributed by atoms with Crippen LogP contribution in [0.25, 0.3) is 0 Å². The van der Waals surface area contributed by atoms with E-state index in [1.807, 2.05) is 0 Å². The van der Waals surface area contributed by atoms with E-state index in [0.29, 0.717) is 0 Å². The second-order valence-electron chi connectivity index (χ2n) is 4.91. The Kier molecular flexibility index (Phi) is 7.75. The highest BCUT2D eigenvalue weighted by atomic mass is 16.6. The summed E-state index contributed by atoms with van der Waals surface area (Å²) in [6.07, 6.45) is -2.33. The Morgan fingerprint density at radius 1 is 0.905 bits per heavy atom. The molecule has 0 fully saturated rings. The summed E-state index contributed by atoms with van der Waals surface area (Å²) in [5, 5.41) is 16.7. The summed E-state index contributed by atoms with van der Waals surface area (Å²) in [4.78, 5) is 8.33. The van der Waals surface area contributed by atoms with Crippen molar-refractivity contribution >= 4 is 11.8 Å². The van der Waals surface area contributed by atoms with Crippen molar-refractivity contribution in [3.8, 4) is 0 Å². The molecule has 0 amide bonds. The molecule has 5 nitrogen and oxygen atoms in total. The number of quaternary nitrogens is 2. The summed E-state index contributed by atoms with van der Waals surface area (Å²) in [5.74, 6) is 0. The van der Waals surface area contributed by atoms with Gasteiger partial charge in [-0.1, -0.05) is 48.5 Å². The molecule has 0 aliphatic carbocycles. The summed E-state index contributed by atoms with van der Waals surface area (Å²) >= 11 is 0. The third-order valence-electron chi connectivity index (χ3n) is 2.88. The first-order valence-electron chi connectivity index (χ1n) is 6.22. The van der Waals surface area contributed by atoms with E-state index in [2.05, 4.69) is 74.8 Å². The summed E-state index contributed by atoms with van der Waals surface area (Å²) in [5.41, 5.74) is 2.71. The number of nitrogens with zero attached hydrogens (tertiary/aromatic N) is 1. The number of carbonyl (C=O) groups is 1. The first kappa shape index (κ1) is 18.6. The zero-order valence-corrected chi connectivity index (χ0v) is 12.7. The second kappa shape index (κ2) is 8.73. The van der Waals surface area contributed by atoms with Crippen LogP contribution < -0.4 is 20.8 Å². The maximum absolute atomic E-state index is 8.33. The van der Waals surface area contributed by atoms with Crippen LogP contribution in [0.4, 0.5) is 10.5 Å². The molecule has 0 spiro atoms. The van der Waals surface area contributed by atoms with Gasteiger partial charge >= 0.3 is 0 Å². The van der Waals surface area contributed by atoms with Gasteiger partial charge in [0.1, 0.15) is 12.2 Å². The first-order valence-corrected chi connectivity index (χ1v) is 6.22. The predicted octanol–water partition coefficient (Wildman–Crippen LogP) is 1.38. The fourth-order valence-corrected chi connectivity index (χ4v) is 1.96. The van der Waals surface area contributed by atoms with Crippen LogP contribution in [0, 0.1) is 0 Å². The lowest BCUT2D eigenvalue weighted by Crippen LogP contribution is -2.39. The van der Waals surface area contributed by atoms with E-state index < -0.39 is 6.16 Å². The highest BCUT2D eigenvalue weighted by Crippen LogP contribution is 2.21. The van der Waals surface area contributed by atoms with Gasteiger partial charge in [0.25, 0.3) is 0 Å². The molecule has 2 aromatic carbocycles. The van der Waals surface area contributed by atoms with Crippen molar-refractivity contribution in [3.05, 3.63) is 66.2 Å². The normalized spacial score (nSPS) is 9.81. The van der Waals surface area contributed by atoms with Gasteiger partial charge in [0.05, 0.1) is 14.1 Å². The van der Waals surface area contributed by atoms with E-state index >= 15 is 0 Å². The van der Waals surface area contributed by atoms with Crippen LogP contribution >= 0.6 is 0 Å². The van der Waals surface area contributed by atoms with Crippen LogP contribution in [-0.2, 0) is 6.54 Å². The van der Waals surface area contributed by atoms with Crippen molar-refractivity contribution in [2.75, 3.05) is 14.1 Å². The van der Waals surface area contributed by atoms with E-state index in [1.165, 1.54) is 11.3 Å². The Morgan fingerprint density at radius 2 is 1.29 bits per heavy atom. The molecule has 0 unspecified atom stereocenters. The van der Waals surface area contributed by atoms with Gasteiger partial charge in [0.15, 0.2) is 0 Å². The quantitative estimate of drug-likeness (QED) is 0.864. The standard InChI is InChI=1S/C15H18N.CH2O3.H3N/c1-16(2,15-11-7-4-8-12-15)13-14-9-5-3-6-10-14;2-1(3)4;/h3-12H,13H2,1-2H3;(H2,2,3,4);1H3/q+1;;/p-1. The summed E-state index contributed by atoms with van der Waals surface area (Å²) in [7, 11) is 4.48. The van der Waals surface area contributed by atoms with Crippen LogP contribution in [0.15, 0.2) is 60.7 Å². The highest BCUT2D eigenvalue weighted by Gasteiger charge is 2.18. The number of para-hydroxylation sites is 1. The minimum atomic E-state index is -2.33. The molecule has 0 aliphatic heterocycles. The van der Waals surface area contributed by atoms with Gasteiger partial charge in [-0.3, -0.25) is 4.48 Å². The molecule has 4 N–H and O–H groups in total. The molecule has 0 aromatic heterocycles. The maximum Gasteiger partial charge on any atom is 0.132 e. The molecule has 0 bridgehead atoms. The number of benzene rings is 2. The van der Waals surface area contributed by atoms with Crippen molar-refractivity contribution in [2.24, 2.45) is 0 Å². The van der Waals surface area contributed by atoms with Gasteiger partial charge in [0, 0.05) is 5.56 Å². The lowest BCUT2D eigenvalue weighted by Gasteiger charge is -2.29. The number of hydrogen-bond donors (Lipinski definition) is 1. The van der Waals surface area contributed by atoms with E-state index in [4.69, 9.17) is 15.0 Å². The Morgan fingerprint density at radius 3 is 1.71 bits per heavy atom. The van der Waals surface area contributed by atoms with E-state index in [-0.39, 0.29) is 6.15 Å². The monoisotopic (exact) mass is 290 g/mol. The van der Waals surface area contributed by atoms with Crippen LogP contribution in [0.1, 0.15) is 5.56 Å². The molecule has 0 radical (unpaired) electrons. The SMILES string of the molecule is C[N+](C)(Cc1ccccc1)c1ccccc1.O=C([O-])[O-].[NH4+]. The first-order chi connectivity index (χ1) is 9.42. The molecule has 114 valence electrons. The molecule has 2 rings (SSSR count). The van der Waals surface area contributed by atoms with Gasteiger partial charge in [0.2, 0.25) is 0 Å². The highest BCUT2D eigenvalue weighted by molar-refractivity contribution is 5.47. The second-order valence-corrected chi connectivity index (χ2v) is 4.91. The van der Waals surface area contributed by atoms with Crippen LogP contribution in [0.5, 0.6) is 0 Å². The Bertz CT molecular complexity index is 524. The molecular formula is C16H22N2O3. The third kappa shape index (κ3) is 7.10. The fraction of sp³-hybridized carbons (Fsp3) is 0.188. The minimum absolute atomic E-state index is 0. The van der Waals surface area contributed by atoms with Crippen LogP contribution in [-0.4, -0.2) is 20.3 Å². The molecule has 0 heterocycles. The molecule has 2 aromatic rings. The van der Waals surface area contributed by atoms with Gasteiger partial charge in [-0.05, 0) is 18.3 Å². The summed E-state index contributed by atoms with van der Waals surface area (Å²) < 4.78 is 0.880. The van der Waals surface area contributed by atoms with Crippen molar-refractivity contribution in [3.63, 3.8) is 0 Å². The lowest BCUT2D eigenvalue weighted by atomic mass is 10.2. The van der Waals surface area contributed by atoms with E-state index in [0.717, 1.165) is 11.0 Å². The van der Waals surface area contributed by atoms with Crippen molar-refractivity contribution in [1.29, 1.82) is 0 Å². The largest absolute Gasteiger partial charge is 0.652 e. The molecule has 0 saturated heterocycles. The smallest absolute Gasteiger partial charge is 0.132 e. The number of carboxylic acid groups (broad SMARTS) is 2. The Balaban J connectivity index is 0.000000715. The fourth-order valence-electron chi connectivity index (χ4n) is 1.96. The van der Waals surface area contributed by atoms with Crippen LogP contribution in [0.3, 0.4) is 0 Å². The molecule has 0 atom stereocenters. The van der Waals surface area contributed by atoms with Gasteiger partial charge in [-0.25, -0.2) is 0 Å². The molecule has 0 aliphatic rings. The maximum atomic E-state index is 8.33. The molecular weight excluding hydrogens is 268 g/mol. The van der Waals surface area contributed by atoms with Gasteiger partial charge in [-0.2, -0.15) is 0 Å². The van der Waals surface area contributed by atoms with E-state index in [1.54, 1.807) is 0 Å². The average molecular weight is 290 g/mol. The topological polar surface area (TPSA) is 99.7 Å². The van der Waals surface area contributed by atoms with Crippen molar-refractivity contribution in [2.45, 2.75) is 6.54 Å². The predicted molar refractivity (Wildman–Crippen MR) is 81.6 cm³/mol. The minimum Gasteiger partial charge on any atom is -0.652 e. The molecule has 21 heavy (non-hydrogen) atoms. The summed E-state index contributed by atoms with van der Waals surface area (Å²) in [6.45, 7) is 1.02. The average Bonchev–Trinajstić information content (AvgIpc) is 2.40. The number of hydrogen-bond acceptors (Lipinski definition) is 3. The van der Waals surface area contributed by atoms with Gasteiger partial charge < -0.3 is 21.2 Å². The van der Waals surface area contributed by atoms with Gasteiger partial charge in [-0.15, -0.1) is 0 Å². The zero-order chi connectivity index (χ0) is 15.0.